The van der Waals surface area contributed by atoms with Crippen molar-refractivity contribution in [1.82, 2.24) is 4.98 Å². The van der Waals surface area contributed by atoms with Gasteiger partial charge in [-0.3, -0.25) is 9.78 Å². The zero-order valence-electron chi connectivity index (χ0n) is 13.7. The van der Waals surface area contributed by atoms with Crippen molar-refractivity contribution in [2.75, 3.05) is 11.9 Å². The lowest BCUT2D eigenvalue weighted by Gasteiger charge is -2.19. The first-order chi connectivity index (χ1) is 12.1. The molecule has 1 amide bonds. The maximum atomic E-state index is 12.9. The summed E-state index contributed by atoms with van der Waals surface area (Å²) in [5.74, 6) is -0.131. The number of pyridine rings is 1. The van der Waals surface area contributed by atoms with Crippen LogP contribution < -0.4 is 4.90 Å². The zero-order valence-corrected chi connectivity index (χ0v) is 15.2. The molecule has 0 N–H and O–H groups in total. The lowest BCUT2D eigenvalue weighted by Crippen LogP contribution is -2.26. The van der Waals surface area contributed by atoms with Crippen molar-refractivity contribution < 1.29 is 4.79 Å². The Bertz CT molecular complexity index is 1000. The Labute approximate surface area is 156 Å². The number of nitrogens with zero attached hydrogens (tertiary/aromatic N) is 2. The smallest absolute Gasteiger partial charge is 0.258 e. The first kappa shape index (κ1) is 16.4. The highest BCUT2D eigenvalue weighted by Crippen LogP contribution is 2.34. The van der Waals surface area contributed by atoms with E-state index in [0.717, 1.165) is 46.4 Å². The number of hydrogen-bond acceptors (Lipinski definition) is 2. The van der Waals surface area contributed by atoms with Crippen LogP contribution in [0.4, 0.5) is 5.69 Å². The number of amides is 1. The first-order valence-electron chi connectivity index (χ1n) is 8.20. The highest BCUT2D eigenvalue weighted by Gasteiger charge is 2.20. The van der Waals surface area contributed by atoms with Gasteiger partial charge in [-0.05, 0) is 49.1 Å². The summed E-state index contributed by atoms with van der Waals surface area (Å²) in [4.78, 5) is 19.1. The third kappa shape index (κ3) is 2.78. The number of para-hydroxylation sites is 1. The van der Waals surface area contributed by atoms with Gasteiger partial charge in [-0.1, -0.05) is 41.4 Å². The molecule has 0 saturated carbocycles. The van der Waals surface area contributed by atoms with Crippen molar-refractivity contribution in [1.29, 1.82) is 0 Å². The van der Waals surface area contributed by atoms with Crippen molar-refractivity contribution in [3.05, 3.63) is 69.3 Å². The Kier molecular flexibility index (Phi) is 4.14. The van der Waals surface area contributed by atoms with Crippen molar-refractivity contribution in [3.8, 4) is 0 Å². The van der Waals surface area contributed by atoms with E-state index < -0.39 is 0 Å². The van der Waals surface area contributed by atoms with Crippen LogP contribution in [0.15, 0.2) is 42.5 Å². The monoisotopic (exact) mass is 370 g/mol. The average Bonchev–Trinajstić information content (AvgIpc) is 3.09. The highest BCUT2D eigenvalue weighted by atomic mass is 35.5. The van der Waals surface area contributed by atoms with Crippen molar-refractivity contribution in [3.63, 3.8) is 0 Å². The molecule has 3 aromatic rings. The van der Waals surface area contributed by atoms with Gasteiger partial charge in [-0.25, -0.2) is 0 Å². The van der Waals surface area contributed by atoms with Gasteiger partial charge in [-0.15, -0.1) is 0 Å². The van der Waals surface area contributed by atoms with Gasteiger partial charge < -0.3 is 4.90 Å². The number of anilines is 1. The van der Waals surface area contributed by atoms with E-state index in [1.54, 1.807) is 24.1 Å². The molecule has 0 spiro atoms. The standard InChI is InChI=1S/C20H16Cl2N2O/c1-24(18-8-3-2-6-15(18)21)20(25)12-9-10-14-17(11-12)23-16-7-4-5-13(16)19(14)22/h2-3,6,8-11H,4-5,7H2,1H3. The fourth-order valence-electron chi connectivity index (χ4n) is 3.37. The van der Waals surface area contributed by atoms with Crippen LogP contribution in [-0.2, 0) is 12.8 Å². The van der Waals surface area contributed by atoms with Gasteiger partial charge in [0.15, 0.2) is 0 Å². The molecule has 3 nitrogen and oxygen atoms in total. The summed E-state index contributed by atoms with van der Waals surface area (Å²) in [5, 5.41) is 2.22. The lowest BCUT2D eigenvalue weighted by molar-refractivity contribution is 0.0993. The molecule has 5 heteroatoms. The maximum absolute atomic E-state index is 12.9. The Morgan fingerprint density at radius 3 is 2.72 bits per heavy atom. The second kappa shape index (κ2) is 6.32. The minimum absolute atomic E-state index is 0.131. The molecule has 0 aliphatic heterocycles. The van der Waals surface area contributed by atoms with E-state index in [4.69, 9.17) is 28.2 Å². The Hall–Kier alpha value is -2.10. The van der Waals surface area contributed by atoms with Crippen LogP contribution in [-0.4, -0.2) is 17.9 Å². The molecule has 0 unspecified atom stereocenters. The molecule has 25 heavy (non-hydrogen) atoms. The predicted octanol–water partition coefficient (Wildman–Crippen LogP) is 5.31. The fourth-order valence-corrected chi connectivity index (χ4v) is 3.99. The van der Waals surface area contributed by atoms with Gasteiger partial charge >= 0.3 is 0 Å². The van der Waals surface area contributed by atoms with Crippen LogP contribution in [0, 0.1) is 0 Å². The quantitative estimate of drug-likeness (QED) is 0.612. The van der Waals surface area contributed by atoms with E-state index >= 15 is 0 Å². The number of aromatic nitrogens is 1. The molecule has 0 radical (unpaired) electrons. The summed E-state index contributed by atoms with van der Waals surface area (Å²) in [5.41, 5.74) is 4.22. The predicted molar refractivity (Wildman–Crippen MR) is 103 cm³/mol. The lowest BCUT2D eigenvalue weighted by atomic mass is 10.1. The number of hydrogen-bond donors (Lipinski definition) is 0. The molecule has 0 saturated heterocycles. The molecule has 1 aliphatic rings. The third-order valence-corrected chi connectivity index (χ3v) is 5.46. The van der Waals surface area contributed by atoms with Gasteiger partial charge in [0.05, 0.1) is 21.2 Å². The van der Waals surface area contributed by atoms with Gasteiger partial charge in [0, 0.05) is 23.7 Å². The number of halogens is 2. The van der Waals surface area contributed by atoms with E-state index in [0.29, 0.717) is 16.3 Å². The summed E-state index contributed by atoms with van der Waals surface area (Å²) in [6.07, 6.45) is 3.01. The molecule has 0 fully saturated rings. The number of carbonyl (C=O) groups is 1. The van der Waals surface area contributed by atoms with Crippen molar-refractivity contribution in [2.45, 2.75) is 19.3 Å². The summed E-state index contributed by atoms with van der Waals surface area (Å²) in [6.45, 7) is 0. The molecular formula is C20H16Cl2N2O. The topological polar surface area (TPSA) is 33.2 Å². The fraction of sp³-hybridized carbons (Fsp3) is 0.200. The minimum atomic E-state index is -0.131. The molecule has 0 atom stereocenters. The van der Waals surface area contributed by atoms with E-state index in [2.05, 4.69) is 0 Å². The highest BCUT2D eigenvalue weighted by molar-refractivity contribution is 6.36. The van der Waals surface area contributed by atoms with E-state index in [1.807, 2.05) is 30.3 Å². The van der Waals surface area contributed by atoms with Crippen molar-refractivity contribution >= 4 is 45.7 Å². The molecule has 1 aromatic heterocycles. The summed E-state index contributed by atoms with van der Waals surface area (Å²) in [6, 6.07) is 12.8. The summed E-state index contributed by atoms with van der Waals surface area (Å²) >= 11 is 12.8. The molecule has 1 aliphatic carbocycles. The largest absolute Gasteiger partial charge is 0.310 e. The average molecular weight is 371 g/mol. The summed E-state index contributed by atoms with van der Waals surface area (Å²) < 4.78 is 0. The number of benzene rings is 2. The number of fused-ring (bicyclic) bond motifs is 2. The second-order valence-electron chi connectivity index (χ2n) is 6.25. The van der Waals surface area contributed by atoms with Crippen LogP contribution in [0.2, 0.25) is 10.0 Å². The number of carbonyl (C=O) groups excluding carboxylic acids is 1. The van der Waals surface area contributed by atoms with E-state index in [1.165, 1.54) is 0 Å². The second-order valence-corrected chi connectivity index (χ2v) is 7.04. The van der Waals surface area contributed by atoms with Gasteiger partial charge in [0.2, 0.25) is 0 Å². The van der Waals surface area contributed by atoms with E-state index in [-0.39, 0.29) is 5.91 Å². The van der Waals surface area contributed by atoms with Crippen LogP contribution in [0.25, 0.3) is 10.9 Å². The Morgan fingerprint density at radius 2 is 1.92 bits per heavy atom. The first-order valence-corrected chi connectivity index (χ1v) is 8.95. The summed E-state index contributed by atoms with van der Waals surface area (Å²) in [7, 11) is 1.72. The molecule has 4 rings (SSSR count). The third-order valence-electron chi connectivity index (χ3n) is 4.71. The Morgan fingerprint density at radius 1 is 1.12 bits per heavy atom. The molecular weight excluding hydrogens is 355 g/mol. The number of rotatable bonds is 2. The minimum Gasteiger partial charge on any atom is -0.310 e. The van der Waals surface area contributed by atoms with Gasteiger partial charge in [-0.2, -0.15) is 0 Å². The van der Waals surface area contributed by atoms with Crippen LogP contribution in [0.1, 0.15) is 28.0 Å². The van der Waals surface area contributed by atoms with Gasteiger partial charge in [0.1, 0.15) is 0 Å². The zero-order chi connectivity index (χ0) is 17.6. The molecule has 1 heterocycles. The molecule has 0 bridgehead atoms. The SMILES string of the molecule is CN(C(=O)c1ccc2c(Cl)c3c(nc2c1)CCC3)c1ccccc1Cl. The normalized spacial score (nSPS) is 13.1. The number of aryl methyl sites for hydroxylation is 1. The molecule has 126 valence electrons. The van der Waals surface area contributed by atoms with Crippen LogP contribution in [0.5, 0.6) is 0 Å². The molecule has 2 aromatic carbocycles. The Balaban J connectivity index is 1.76. The van der Waals surface area contributed by atoms with Crippen LogP contribution in [0.3, 0.4) is 0 Å². The maximum Gasteiger partial charge on any atom is 0.258 e. The van der Waals surface area contributed by atoms with Crippen molar-refractivity contribution in [2.24, 2.45) is 0 Å². The van der Waals surface area contributed by atoms with Crippen LogP contribution >= 0.6 is 23.2 Å². The van der Waals surface area contributed by atoms with Gasteiger partial charge in [0.25, 0.3) is 5.91 Å². The van der Waals surface area contributed by atoms with E-state index in [9.17, 15) is 4.79 Å².